The van der Waals surface area contributed by atoms with Gasteiger partial charge in [-0.1, -0.05) is 0 Å². The van der Waals surface area contributed by atoms with E-state index in [1.807, 2.05) is 6.20 Å². The van der Waals surface area contributed by atoms with Gasteiger partial charge in [-0.25, -0.2) is 4.79 Å². The third-order valence-corrected chi connectivity index (χ3v) is 2.82. The molecule has 1 aliphatic carbocycles. The predicted molar refractivity (Wildman–Crippen MR) is 51.2 cm³/mol. The molecule has 1 aliphatic rings. The minimum atomic E-state index is -0.818. The second kappa shape index (κ2) is 3.44. The maximum absolute atomic E-state index is 10.8. The fraction of sp³-hybridized carbons (Fsp3) is 0.600. The molecule has 1 aromatic rings. The van der Waals surface area contributed by atoms with Crippen molar-refractivity contribution in [3.05, 3.63) is 17.5 Å². The van der Waals surface area contributed by atoms with Crippen molar-refractivity contribution in [2.75, 3.05) is 0 Å². The van der Waals surface area contributed by atoms with Crippen LogP contribution < -0.4 is 0 Å². The molecule has 0 bridgehead atoms. The molecule has 0 aromatic carbocycles. The first-order valence-electron chi connectivity index (χ1n) is 4.98. The Hall–Kier alpha value is -1.32. The summed E-state index contributed by atoms with van der Waals surface area (Å²) in [5.41, 5.74) is 2.34. The normalized spacial score (nSPS) is 17.5. The summed E-state index contributed by atoms with van der Waals surface area (Å²) in [4.78, 5) is 10.8. The molecule has 4 heteroatoms. The summed E-state index contributed by atoms with van der Waals surface area (Å²) in [6.07, 6.45) is 6.16. The second-order valence-electron chi connectivity index (χ2n) is 3.78. The van der Waals surface area contributed by atoms with E-state index in [0.29, 0.717) is 0 Å². The van der Waals surface area contributed by atoms with Crippen LogP contribution in [0.15, 0.2) is 6.20 Å². The monoisotopic (exact) mass is 194 g/mol. The van der Waals surface area contributed by atoms with Gasteiger partial charge < -0.3 is 5.11 Å². The van der Waals surface area contributed by atoms with E-state index in [9.17, 15) is 4.79 Å². The summed E-state index contributed by atoms with van der Waals surface area (Å²) >= 11 is 0. The Morgan fingerprint density at radius 2 is 2.29 bits per heavy atom. The largest absolute Gasteiger partial charge is 0.480 e. The number of carbonyl (C=O) groups is 1. The van der Waals surface area contributed by atoms with Crippen LogP contribution in [0.4, 0.5) is 0 Å². The molecule has 0 amide bonds. The molecule has 76 valence electrons. The van der Waals surface area contributed by atoms with Gasteiger partial charge in [0.1, 0.15) is 6.04 Å². The van der Waals surface area contributed by atoms with E-state index in [1.165, 1.54) is 12.0 Å². The number of carboxylic acid groups (broad SMARTS) is 1. The molecule has 1 N–H and O–H groups in total. The Morgan fingerprint density at radius 3 is 3.00 bits per heavy atom. The highest BCUT2D eigenvalue weighted by molar-refractivity contribution is 5.71. The third kappa shape index (κ3) is 1.41. The van der Waals surface area contributed by atoms with Crippen LogP contribution in [0.25, 0.3) is 0 Å². The highest BCUT2D eigenvalue weighted by Crippen LogP contribution is 2.23. The van der Waals surface area contributed by atoms with E-state index in [1.54, 1.807) is 11.6 Å². The molecule has 2 rings (SSSR count). The molecule has 0 aliphatic heterocycles. The summed E-state index contributed by atoms with van der Waals surface area (Å²) in [6.45, 7) is 1.67. The summed E-state index contributed by atoms with van der Waals surface area (Å²) in [6, 6.07) is -0.545. The lowest BCUT2D eigenvalue weighted by atomic mass is 9.98. The van der Waals surface area contributed by atoms with Crippen molar-refractivity contribution in [1.29, 1.82) is 0 Å². The highest BCUT2D eigenvalue weighted by Gasteiger charge is 2.21. The maximum Gasteiger partial charge on any atom is 0.328 e. The first kappa shape index (κ1) is 9.24. The van der Waals surface area contributed by atoms with E-state index in [2.05, 4.69) is 5.10 Å². The number of hydrogen-bond acceptors (Lipinski definition) is 2. The Labute approximate surface area is 82.5 Å². The van der Waals surface area contributed by atoms with Gasteiger partial charge in [0.05, 0.1) is 6.20 Å². The molecule has 1 atom stereocenters. The average molecular weight is 194 g/mol. The Balaban J connectivity index is 2.34. The molecule has 1 aromatic heterocycles. The van der Waals surface area contributed by atoms with Crippen LogP contribution in [-0.4, -0.2) is 20.9 Å². The first-order chi connectivity index (χ1) is 6.70. The summed E-state index contributed by atoms with van der Waals surface area (Å²) in [7, 11) is 0. The number of aryl methyl sites for hydroxylation is 1. The molecule has 1 unspecified atom stereocenters. The predicted octanol–water partition coefficient (Wildman–Crippen LogP) is 1.41. The first-order valence-corrected chi connectivity index (χ1v) is 4.98. The Bertz CT molecular complexity index is 357. The molecular formula is C10H14N2O2. The highest BCUT2D eigenvalue weighted by atomic mass is 16.4. The second-order valence-corrected chi connectivity index (χ2v) is 3.78. The average Bonchev–Trinajstić information content (AvgIpc) is 2.60. The minimum absolute atomic E-state index is 0.545. The number of fused-ring (bicyclic) bond motifs is 1. The number of carboxylic acids is 1. The topological polar surface area (TPSA) is 55.1 Å². The molecule has 0 fully saturated rings. The summed E-state index contributed by atoms with van der Waals surface area (Å²) < 4.78 is 1.65. The van der Waals surface area contributed by atoms with Crippen molar-refractivity contribution in [2.45, 2.75) is 38.6 Å². The van der Waals surface area contributed by atoms with Crippen LogP contribution in [0.1, 0.15) is 37.1 Å². The number of hydrogen-bond donors (Lipinski definition) is 1. The number of aliphatic carboxylic acids is 1. The Morgan fingerprint density at radius 1 is 1.57 bits per heavy atom. The third-order valence-electron chi connectivity index (χ3n) is 2.82. The van der Waals surface area contributed by atoms with Crippen molar-refractivity contribution in [1.82, 2.24) is 9.78 Å². The van der Waals surface area contributed by atoms with Gasteiger partial charge in [-0.15, -0.1) is 0 Å². The van der Waals surface area contributed by atoms with E-state index in [4.69, 9.17) is 5.11 Å². The molecule has 4 nitrogen and oxygen atoms in total. The maximum atomic E-state index is 10.8. The van der Waals surface area contributed by atoms with Crippen molar-refractivity contribution in [3.8, 4) is 0 Å². The molecule has 1 heterocycles. The van der Waals surface area contributed by atoms with E-state index >= 15 is 0 Å². The SMILES string of the molecule is CC(C(=O)O)n1ncc2c1CCCC2. The van der Waals surface area contributed by atoms with Gasteiger partial charge in [0.15, 0.2) is 0 Å². The number of rotatable bonds is 2. The van der Waals surface area contributed by atoms with Crippen LogP contribution in [-0.2, 0) is 17.6 Å². The van der Waals surface area contributed by atoms with Crippen LogP contribution in [0.3, 0.4) is 0 Å². The molecule has 0 saturated carbocycles. The van der Waals surface area contributed by atoms with Gasteiger partial charge in [0, 0.05) is 5.69 Å². The lowest BCUT2D eigenvalue weighted by Crippen LogP contribution is -2.20. The van der Waals surface area contributed by atoms with Gasteiger partial charge >= 0.3 is 5.97 Å². The van der Waals surface area contributed by atoms with Crippen molar-refractivity contribution in [2.24, 2.45) is 0 Å². The van der Waals surface area contributed by atoms with Gasteiger partial charge in [-0.3, -0.25) is 4.68 Å². The zero-order valence-electron chi connectivity index (χ0n) is 8.23. The fourth-order valence-electron chi connectivity index (χ4n) is 1.95. The molecule has 14 heavy (non-hydrogen) atoms. The summed E-state index contributed by atoms with van der Waals surface area (Å²) in [5.74, 6) is -0.818. The van der Waals surface area contributed by atoms with Crippen LogP contribution in [0.5, 0.6) is 0 Å². The van der Waals surface area contributed by atoms with E-state index < -0.39 is 12.0 Å². The number of aromatic nitrogens is 2. The van der Waals surface area contributed by atoms with Gasteiger partial charge in [-0.2, -0.15) is 5.10 Å². The quantitative estimate of drug-likeness (QED) is 0.774. The van der Waals surface area contributed by atoms with E-state index in [-0.39, 0.29) is 0 Å². The van der Waals surface area contributed by atoms with Gasteiger partial charge in [-0.05, 0) is 38.2 Å². The summed E-state index contributed by atoms with van der Waals surface area (Å²) in [5, 5.41) is 13.0. The zero-order valence-corrected chi connectivity index (χ0v) is 8.23. The fourth-order valence-corrected chi connectivity index (χ4v) is 1.95. The van der Waals surface area contributed by atoms with Crippen molar-refractivity contribution in [3.63, 3.8) is 0 Å². The lowest BCUT2D eigenvalue weighted by Gasteiger charge is -2.16. The van der Waals surface area contributed by atoms with E-state index in [0.717, 1.165) is 25.0 Å². The smallest absolute Gasteiger partial charge is 0.328 e. The number of nitrogens with zero attached hydrogens (tertiary/aromatic N) is 2. The minimum Gasteiger partial charge on any atom is -0.480 e. The van der Waals surface area contributed by atoms with Crippen LogP contribution >= 0.6 is 0 Å². The van der Waals surface area contributed by atoms with Crippen LogP contribution in [0, 0.1) is 0 Å². The van der Waals surface area contributed by atoms with Gasteiger partial charge in [0.25, 0.3) is 0 Å². The Kier molecular flexibility index (Phi) is 2.27. The zero-order chi connectivity index (χ0) is 10.1. The van der Waals surface area contributed by atoms with Crippen molar-refractivity contribution >= 4 is 5.97 Å². The molecule has 0 radical (unpaired) electrons. The standard InChI is InChI=1S/C10H14N2O2/c1-7(10(13)14)12-9-5-3-2-4-8(9)6-11-12/h6-7H,2-5H2,1H3,(H,13,14). The lowest BCUT2D eigenvalue weighted by molar-refractivity contribution is -0.140. The molecule has 0 saturated heterocycles. The molecule has 0 spiro atoms. The van der Waals surface area contributed by atoms with Gasteiger partial charge in [0.2, 0.25) is 0 Å². The van der Waals surface area contributed by atoms with Crippen LogP contribution in [0.2, 0.25) is 0 Å². The van der Waals surface area contributed by atoms with Crippen molar-refractivity contribution < 1.29 is 9.90 Å². The molecular weight excluding hydrogens is 180 g/mol.